The molecule has 0 spiro atoms. The zero-order valence-electron chi connectivity index (χ0n) is 21.6. The third-order valence-electron chi connectivity index (χ3n) is 7.20. The van der Waals surface area contributed by atoms with Crippen LogP contribution in [-0.2, 0) is 9.59 Å². The van der Waals surface area contributed by atoms with E-state index < -0.39 is 12.1 Å². The summed E-state index contributed by atoms with van der Waals surface area (Å²) in [7, 11) is 0. The Hall–Kier alpha value is -3.62. The van der Waals surface area contributed by atoms with E-state index in [0.717, 1.165) is 56.4 Å². The van der Waals surface area contributed by atoms with Crippen LogP contribution < -0.4 is 20.9 Å². The Balaban J connectivity index is 1.28. The van der Waals surface area contributed by atoms with E-state index in [1.807, 2.05) is 43.3 Å². The van der Waals surface area contributed by atoms with E-state index in [-0.39, 0.29) is 18.4 Å². The average Bonchev–Trinajstić information content (AvgIpc) is 2.93. The van der Waals surface area contributed by atoms with Crippen LogP contribution in [0.25, 0.3) is 0 Å². The standard InChI is InChI=1S/C28H38N6O3/c1-21-5-7-23(8-6-21)31-28(37)32-25(27(36)34-15-3-2-4-16-34)20-30-26(35)19-22-11-17-33(18-12-22)24-9-13-29-14-10-24/h5-10,13-14,22,25H,2-4,11-12,15-20H2,1H3,(H,30,35)(H2,31,32,37). The molecule has 3 heterocycles. The molecule has 0 aliphatic carbocycles. The summed E-state index contributed by atoms with van der Waals surface area (Å²) in [6.07, 6.45) is 8.90. The molecule has 2 aromatic rings. The zero-order valence-corrected chi connectivity index (χ0v) is 21.6. The van der Waals surface area contributed by atoms with E-state index in [0.29, 0.717) is 31.1 Å². The Kier molecular flexibility index (Phi) is 9.35. The van der Waals surface area contributed by atoms with Crippen molar-refractivity contribution < 1.29 is 14.4 Å². The summed E-state index contributed by atoms with van der Waals surface area (Å²) in [5.74, 6) is 0.0661. The minimum absolute atomic E-state index is 0.0747. The maximum atomic E-state index is 13.2. The van der Waals surface area contributed by atoms with Crippen molar-refractivity contribution in [1.82, 2.24) is 20.5 Å². The summed E-state index contributed by atoms with van der Waals surface area (Å²) in [5, 5.41) is 8.50. The highest BCUT2D eigenvalue weighted by atomic mass is 16.2. The first-order valence-electron chi connectivity index (χ1n) is 13.3. The number of amides is 4. The molecule has 2 aliphatic heterocycles. The van der Waals surface area contributed by atoms with Gasteiger partial charge in [-0.25, -0.2) is 4.79 Å². The van der Waals surface area contributed by atoms with Crippen molar-refractivity contribution in [2.75, 3.05) is 42.9 Å². The van der Waals surface area contributed by atoms with Crippen LogP contribution in [0.5, 0.6) is 0 Å². The number of piperidine rings is 2. The van der Waals surface area contributed by atoms with Crippen LogP contribution in [0.1, 0.15) is 44.1 Å². The van der Waals surface area contributed by atoms with Crippen molar-refractivity contribution in [2.45, 2.75) is 51.5 Å². The highest BCUT2D eigenvalue weighted by Gasteiger charge is 2.28. The Morgan fingerprint density at radius 1 is 0.946 bits per heavy atom. The molecular weight excluding hydrogens is 468 g/mol. The minimum atomic E-state index is -0.818. The lowest BCUT2D eigenvalue weighted by Crippen LogP contribution is -2.55. The molecule has 0 saturated carbocycles. The van der Waals surface area contributed by atoms with Gasteiger partial charge in [-0.15, -0.1) is 0 Å². The highest BCUT2D eigenvalue weighted by Crippen LogP contribution is 2.24. The molecule has 1 aromatic carbocycles. The maximum Gasteiger partial charge on any atom is 0.319 e. The fourth-order valence-corrected chi connectivity index (χ4v) is 5.00. The fraction of sp³-hybridized carbons (Fsp3) is 0.500. The number of pyridine rings is 1. The summed E-state index contributed by atoms with van der Waals surface area (Å²) in [6.45, 7) is 5.22. The normalized spacial score (nSPS) is 17.1. The number of likely N-dealkylation sites (tertiary alicyclic amines) is 1. The summed E-state index contributed by atoms with van der Waals surface area (Å²) in [6, 6.07) is 10.2. The highest BCUT2D eigenvalue weighted by molar-refractivity contribution is 5.94. The smallest absolute Gasteiger partial charge is 0.319 e. The van der Waals surface area contributed by atoms with Crippen LogP contribution in [0, 0.1) is 12.8 Å². The van der Waals surface area contributed by atoms with E-state index >= 15 is 0 Å². The summed E-state index contributed by atoms with van der Waals surface area (Å²) in [4.78, 5) is 46.9. The molecule has 4 rings (SSSR count). The van der Waals surface area contributed by atoms with E-state index in [4.69, 9.17) is 0 Å². The van der Waals surface area contributed by atoms with Gasteiger partial charge in [0.25, 0.3) is 0 Å². The summed E-state index contributed by atoms with van der Waals surface area (Å²) < 4.78 is 0. The Morgan fingerprint density at radius 3 is 2.30 bits per heavy atom. The molecule has 9 nitrogen and oxygen atoms in total. The van der Waals surface area contributed by atoms with Gasteiger partial charge in [0, 0.05) is 62.9 Å². The van der Waals surface area contributed by atoms with E-state index in [1.165, 1.54) is 0 Å². The molecular formula is C28H38N6O3. The summed E-state index contributed by atoms with van der Waals surface area (Å²) >= 11 is 0. The number of benzene rings is 1. The van der Waals surface area contributed by atoms with E-state index in [1.54, 1.807) is 17.3 Å². The second kappa shape index (κ2) is 13.1. The van der Waals surface area contributed by atoms with Crippen LogP contribution in [0.3, 0.4) is 0 Å². The number of hydrogen-bond acceptors (Lipinski definition) is 5. The molecule has 3 N–H and O–H groups in total. The summed E-state index contributed by atoms with van der Waals surface area (Å²) in [5.41, 5.74) is 2.90. The van der Waals surface area contributed by atoms with Gasteiger partial charge in [0.2, 0.25) is 11.8 Å². The van der Waals surface area contributed by atoms with Gasteiger partial charge in [-0.1, -0.05) is 17.7 Å². The van der Waals surface area contributed by atoms with Gasteiger partial charge in [0.05, 0.1) is 0 Å². The lowest BCUT2D eigenvalue weighted by atomic mass is 9.93. The molecule has 1 aromatic heterocycles. The van der Waals surface area contributed by atoms with Crippen molar-refractivity contribution in [1.29, 1.82) is 0 Å². The first-order valence-corrected chi connectivity index (χ1v) is 13.3. The third kappa shape index (κ3) is 7.93. The van der Waals surface area contributed by atoms with Gasteiger partial charge in [0.1, 0.15) is 6.04 Å². The minimum Gasteiger partial charge on any atom is -0.371 e. The number of anilines is 2. The third-order valence-corrected chi connectivity index (χ3v) is 7.20. The van der Waals surface area contributed by atoms with Crippen LogP contribution in [0.4, 0.5) is 16.2 Å². The number of aryl methyl sites for hydroxylation is 1. The Morgan fingerprint density at radius 2 is 1.62 bits per heavy atom. The monoisotopic (exact) mass is 506 g/mol. The second-order valence-electron chi connectivity index (χ2n) is 10.0. The predicted octanol–water partition coefficient (Wildman–Crippen LogP) is 3.32. The van der Waals surface area contributed by atoms with Crippen molar-refractivity contribution in [3.63, 3.8) is 0 Å². The van der Waals surface area contributed by atoms with Gasteiger partial charge in [-0.3, -0.25) is 14.6 Å². The Bertz CT molecular complexity index is 1030. The molecule has 1 unspecified atom stereocenters. The molecule has 37 heavy (non-hydrogen) atoms. The molecule has 9 heteroatoms. The molecule has 2 aliphatic rings. The average molecular weight is 507 g/mol. The largest absolute Gasteiger partial charge is 0.371 e. The lowest BCUT2D eigenvalue weighted by Gasteiger charge is -2.33. The molecule has 1 atom stereocenters. The van der Waals surface area contributed by atoms with Crippen LogP contribution >= 0.6 is 0 Å². The molecule has 2 saturated heterocycles. The topological polar surface area (TPSA) is 107 Å². The SMILES string of the molecule is Cc1ccc(NC(=O)NC(CNC(=O)CC2CCN(c3ccncc3)CC2)C(=O)N2CCCCC2)cc1. The number of hydrogen-bond donors (Lipinski definition) is 3. The van der Waals surface area contributed by atoms with Crippen molar-refractivity contribution in [3.05, 3.63) is 54.4 Å². The number of carbonyl (C=O) groups is 3. The van der Waals surface area contributed by atoms with Crippen LogP contribution in [-0.4, -0.2) is 66.5 Å². The van der Waals surface area contributed by atoms with Gasteiger partial charge in [-0.2, -0.15) is 0 Å². The number of nitrogens with zero attached hydrogens (tertiary/aromatic N) is 3. The van der Waals surface area contributed by atoms with Crippen LogP contribution in [0.15, 0.2) is 48.8 Å². The van der Waals surface area contributed by atoms with Gasteiger partial charge in [0.15, 0.2) is 0 Å². The Labute approximate surface area is 219 Å². The first kappa shape index (κ1) is 26.4. The predicted molar refractivity (Wildman–Crippen MR) is 144 cm³/mol. The number of carbonyl (C=O) groups excluding carboxylic acids is 3. The molecule has 198 valence electrons. The fourth-order valence-electron chi connectivity index (χ4n) is 5.00. The number of urea groups is 1. The number of aromatic nitrogens is 1. The maximum absolute atomic E-state index is 13.2. The van der Waals surface area contributed by atoms with Crippen molar-refractivity contribution >= 4 is 29.2 Å². The molecule has 2 fully saturated rings. The van der Waals surface area contributed by atoms with E-state index in [9.17, 15) is 14.4 Å². The molecule has 4 amide bonds. The molecule has 0 bridgehead atoms. The first-order chi connectivity index (χ1) is 18.0. The van der Waals surface area contributed by atoms with Crippen molar-refractivity contribution in [2.24, 2.45) is 5.92 Å². The van der Waals surface area contributed by atoms with Crippen LogP contribution in [0.2, 0.25) is 0 Å². The quantitative estimate of drug-likeness (QED) is 0.509. The lowest BCUT2D eigenvalue weighted by molar-refractivity contribution is -0.134. The number of rotatable bonds is 8. The van der Waals surface area contributed by atoms with E-state index in [2.05, 4.69) is 25.8 Å². The van der Waals surface area contributed by atoms with Crippen molar-refractivity contribution in [3.8, 4) is 0 Å². The molecule has 0 radical (unpaired) electrons. The zero-order chi connectivity index (χ0) is 26.0. The van der Waals surface area contributed by atoms with Gasteiger partial charge >= 0.3 is 6.03 Å². The van der Waals surface area contributed by atoms with Gasteiger partial charge < -0.3 is 25.8 Å². The number of nitrogens with one attached hydrogen (secondary N) is 3. The second-order valence-corrected chi connectivity index (χ2v) is 10.0. The van der Waals surface area contributed by atoms with Gasteiger partial charge in [-0.05, 0) is 69.2 Å².